The van der Waals surface area contributed by atoms with Gasteiger partial charge in [-0.1, -0.05) is 29.8 Å². The molecule has 2 aliphatic rings. The second-order valence-electron chi connectivity index (χ2n) is 7.98. The van der Waals surface area contributed by atoms with Crippen molar-refractivity contribution in [3.8, 4) is 5.75 Å². The Kier molecular flexibility index (Phi) is 5.65. The van der Waals surface area contributed by atoms with Gasteiger partial charge in [0.15, 0.2) is 0 Å². The second-order valence-corrected chi connectivity index (χ2v) is 8.36. The van der Waals surface area contributed by atoms with Crippen LogP contribution in [0.4, 0.5) is 0 Å². The average molecular weight is 416 g/mol. The van der Waals surface area contributed by atoms with Crippen LogP contribution in [0, 0.1) is 5.92 Å². The zero-order chi connectivity index (χ0) is 20.5. The molecule has 2 bridgehead atoms. The zero-order valence-electron chi connectivity index (χ0n) is 16.7. The SMILES string of the molecule is COc1cccc(CN2C[C@H]3C[C@@H](C2)[C@H](CNC(C)=O)n2c3cccc2=O)c1Cl. The van der Waals surface area contributed by atoms with Gasteiger partial charge in [-0.2, -0.15) is 0 Å². The van der Waals surface area contributed by atoms with E-state index in [0.717, 1.165) is 37.3 Å². The molecule has 2 aliphatic heterocycles. The lowest BCUT2D eigenvalue weighted by molar-refractivity contribution is -0.119. The molecule has 7 heteroatoms. The number of hydrogen-bond donors (Lipinski definition) is 1. The van der Waals surface area contributed by atoms with E-state index < -0.39 is 0 Å². The van der Waals surface area contributed by atoms with E-state index in [1.54, 1.807) is 13.2 Å². The number of ether oxygens (including phenoxy) is 1. The van der Waals surface area contributed by atoms with E-state index in [0.29, 0.717) is 23.2 Å². The van der Waals surface area contributed by atoms with Crippen molar-refractivity contribution in [2.45, 2.75) is 31.8 Å². The Bertz CT molecular complexity index is 974. The van der Waals surface area contributed by atoms with E-state index >= 15 is 0 Å². The van der Waals surface area contributed by atoms with Crippen molar-refractivity contribution in [3.05, 3.63) is 63.0 Å². The molecule has 4 rings (SSSR count). The standard InChI is InChI=1S/C22H26ClN3O3/c1-14(27)24-10-19-17-9-16(18-6-4-8-21(28)26(18)19)12-25(13-17)11-15-5-3-7-20(29-2)22(15)23/h3-8,16-17,19H,9-13H2,1-2H3,(H,24,27)/t16-,17+,19+/m1/s1. The molecule has 1 aromatic carbocycles. The first-order valence-corrected chi connectivity index (χ1v) is 10.4. The van der Waals surface area contributed by atoms with Gasteiger partial charge < -0.3 is 14.6 Å². The van der Waals surface area contributed by atoms with Gasteiger partial charge in [0.25, 0.3) is 5.56 Å². The summed E-state index contributed by atoms with van der Waals surface area (Å²) < 4.78 is 7.26. The van der Waals surface area contributed by atoms with E-state index in [9.17, 15) is 9.59 Å². The Balaban J connectivity index is 1.63. The number of fused-ring (bicyclic) bond motifs is 4. The van der Waals surface area contributed by atoms with Crippen LogP contribution in [0.3, 0.4) is 0 Å². The lowest BCUT2D eigenvalue weighted by Crippen LogP contribution is -2.51. The van der Waals surface area contributed by atoms with Gasteiger partial charge in [-0.05, 0) is 30.0 Å². The van der Waals surface area contributed by atoms with Crippen LogP contribution in [0.1, 0.15) is 36.6 Å². The summed E-state index contributed by atoms with van der Waals surface area (Å²) >= 11 is 6.52. The van der Waals surface area contributed by atoms with Crippen molar-refractivity contribution in [2.24, 2.45) is 5.92 Å². The smallest absolute Gasteiger partial charge is 0.251 e. The molecule has 154 valence electrons. The number of aromatic nitrogens is 1. The van der Waals surface area contributed by atoms with Crippen molar-refractivity contribution in [2.75, 3.05) is 26.7 Å². The summed E-state index contributed by atoms with van der Waals surface area (Å²) in [6.45, 7) is 4.44. The second kappa shape index (κ2) is 8.20. The van der Waals surface area contributed by atoms with Crippen LogP contribution in [0.15, 0.2) is 41.2 Å². The summed E-state index contributed by atoms with van der Waals surface area (Å²) in [5, 5.41) is 3.57. The van der Waals surface area contributed by atoms with Crippen LogP contribution >= 0.6 is 11.6 Å². The fourth-order valence-corrected chi connectivity index (χ4v) is 5.12. The minimum Gasteiger partial charge on any atom is -0.495 e. The number of nitrogens with one attached hydrogen (secondary N) is 1. The number of pyridine rings is 1. The molecule has 0 saturated carbocycles. The number of methoxy groups -OCH3 is 1. The number of likely N-dealkylation sites (tertiary alicyclic amines) is 1. The summed E-state index contributed by atoms with van der Waals surface area (Å²) in [4.78, 5) is 26.6. The quantitative estimate of drug-likeness (QED) is 0.815. The molecule has 0 aliphatic carbocycles. The normalized spacial score (nSPS) is 23.3. The van der Waals surface area contributed by atoms with Crippen molar-refractivity contribution in [1.82, 2.24) is 14.8 Å². The molecular formula is C22H26ClN3O3. The molecule has 1 aromatic heterocycles. The number of carbonyl (C=O) groups excluding carboxylic acids is 1. The Morgan fingerprint density at radius 3 is 2.79 bits per heavy atom. The van der Waals surface area contributed by atoms with Gasteiger partial charge in [-0.25, -0.2) is 0 Å². The summed E-state index contributed by atoms with van der Waals surface area (Å²) in [5.41, 5.74) is 2.11. The molecule has 1 fully saturated rings. The first-order valence-electron chi connectivity index (χ1n) is 9.97. The van der Waals surface area contributed by atoms with E-state index in [2.05, 4.69) is 10.2 Å². The van der Waals surface area contributed by atoms with Gasteiger partial charge in [0.1, 0.15) is 5.75 Å². The maximum Gasteiger partial charge on any atom is 0.251 e. The topological polar surface area (TPSA) is 63.6 Å². The lowest BCUT2D eigenvalue weighted by Gasteiger charge is -2.47. The fraction of sp³-hybridized carbons (Fsp3) is 0.455. The molecule has 3 heterocycles. The third-order valence-corrected chi connectivity index (χ3v) is 6.52. The highest BCUT2D eigenvalue weighted by molar-refractivity contribution is 6.32. The Hall–Kier alpha value is -2.31. The number of nitrogens with zero attached hydrogens (tertiary/aromatic N) is 2. The fourth-order valence-electron chi connectivity index (χ4n) is 4.85. The van der Waals surface area contributed by atoms with Crippen molar-refractivity contribution in [1.29, 1.82) is 0 Å². The highest BCUT2D eigenvalue weighted by atomic mass is 35.5. The number of benzene rings is 1. The highest BCUT2D eigenvalue weighted by Crippen LogP contribution is 2.41. The number of rotatable bonds is 5. The molecule has 3 atom stereocenters. The molecular weight excluding hydrogens is 390 g/mol. The van der Waals surface area contributed by atoms with E-state index in [-0.39, 0.29) is 23.4 Å². The predicted molar refractivity (Wildman–Crippen MR) is 113 cm³/mol. The third-order valence-electron chi connectivity index (χ3n) is 6.09. The molecule has 6 nitrogen and oxygen atoms in total. The maximum atomic E-state index is 12.6. The summed E-state index contributed by atoms with van der Waals surface area (Å²) in [6.07, 6.45) is 1.02. The molecule has 1 amide bonds. The Labute approximate surface area is 175 Å². The van der Waals surface area contributed by atoms with Crippen LogP contribution in [0.5, 0.6) is 5.75 Å². The zero-order valence-corrected chi connectivity index (χ0v) is 17.5. The van der Waals surface area contributed by atoms with Gasteiger partial charge in [0, 0.05) is 50.8 Å². The number of hydrogen-bond acceptors (Lipinski definition) is 4. The highest BCUT2D eigenvalue weighted by Gasteiger charge is 2.40. The van der Waals surface area contributed by atoms with Gasteiger partial charge in [0.05, 0.1) is 18.2 Å². The monoisotopic (exact) mass is 415 g/mol. The van der Waals surface area contributed by atoms with Gasteiger partial charge in [-0.15, -0.1) is 0 Å². The van der Waals surface area contributed by atoms with Crippen LogP contribution in [-0.2, 0) is 11.3 Å². The van der Waals surface area contributed by atoms with Crippen LogP contribution < -0.4 is 15.6 Å². The molecule has 29 heavy (non-hydrogen) atoms. The Morgan fingerprint density at radius 1 is 1.24 bits per heavy atom. The minimum absolute atomic E-state index is 0.0110. The Morgan fingerprint density at radius 2 is 2.03 bits per heavy atom. The maximum absolute atomic E-state index is 12.6. The number of amides is 1. The average Bonchev–Trinajstić information content (AvgIpc) is 2.70. The van der Waals surface area contributed by atoms with Crippen LogP contribution in [0.25, 0.3) is 0 Å². The van der Waals surface area contributed by atoms with Crippen LogP contribution in [0.2, 0.25) is 5.02 Å². The summed E-state index contributed by atoms with van der Waals surface area (Å²) in [7, 11) is 1.62. The summed E-state index contributed by atoms with van der Waals surface area (Å²) in [5.74, 6) is 1.19. The third kappa shape index (κ3) is 3.91. The largest absolute Gasteiger partial charge is 0.495 e. The van der Waals surface area contributed by atoms with E-state index in [4.69, 9.17) is 16.3 Å². The van der Waals surface area contributed by atoms with Gasteiger partial charge in [0.2, 0.25) is 5.91 Å². The van der Waals surface area contributed by atoms with Crippen LogP contribution in [-0.4, -0.2) is 42.1 Å². The molecule has 0 spiro atoms. The van der Waals surface area contributed by atoms with Crippen molar-refractivity contribution in [3.63, 3.8) is 0 Å². The van der Waals surface area contributed by atoms with Gasteiger partial charge >= 0.3 is 0 Å². The number of piperidine rings is 1. The predicted octanol–water partition coefficient (Wildman–Crippen LogP) is 2.81. The summed E-state index contributed by atoms with van der Waals surface area (Å²) in [6, 6.07) is 11.3. The molecule has 1 saturated heterocycles. The molecule has 1 N–H and O–H groups in total. The van der Waals surface area contributed by atoms with E-state index in [1.165, 1.54) is 6.92 Å². The number of carbonyl (C=O) groups is 1. The first-order chi connectivity index (χ1) is 14.0. The minimum atomic E-state index is -0.0755. The molecule has 0 radical (unpaired) electrons. The first kappa shape index (κ1) is 20.0. The van der Waals surface area contributed by atoms with E-state index in [1.807, 2.05) is 34.9 Å². The lowest BCUT2D eigenvalue weighted by atomic mass is 9.78. The van der Waals surface area contributed by atoms with Crippen molar-refractivity contribution >= 4 is 17.5 Å². The van der Waals surface area contributed by atoms with Crippen molar-refractivity contribution < 1.29 is 9.53 Å². The molecule has 2 aromatic rings. The molecule has 0 unspecified atom stereocenters. The number of halogens is 1. The van der Waals surface area contributed by atoms with Gasteiger partial charge in [-0.3, -0.25) is 14.5 Å².